The van der Waals surface area contributed by atoms with E-state index in [2.05, 4.69) is 5.32 Å². The van der Waals surface area contributed by atoms with Crippen molar-refractivity contribution >= 4 is 27.3 Å². The molecule has 4 rings (SSSR count). The fraction of sp³-hybridized carbons (Fsp3) is 0.154. The fourth-order valence-electron chi connectivity index (χ4n) is 4.10. The Balaban J connectivity index is 1.90. The van der Waals surface area contributed by atoms with Crippen LogP contribution in [0.4, 0.5) is 0 Å². The molecule has 1 aliphatic rings. The van der Waals surface area contributed by atoms with Crippen LogP contribution in [0.15, 0.2) is 83.4 Å². The number of nitrogens with one attached hydrogen (secondary N) is 1. The lowest BCUT2D eigenvalue weighted by atomic mass is 10.0. The van der Waals surface area contributed by atoms with Gasteiger partial charge in [-0.2, -0.15) is 0 Å². The first-order chi connectivity index (χ1) is 15.8. The van der Waals surface area contributed by atoms with Gasteiger partial charge in [-0.1, -0.05) is 72.3 Å². The Morgan fingerprint density at radius 3 is 2.24 bits per heavy atom. The van der Waals surface area contributed by atoms with Crippen LogP contribution in [0.3, 0.4) is 0 Å². The van der Waals surface area contributed by atoms with Crippen molar-refractivity contribution in [2.75, 3.05) is 13.6 Å². The Morgan fingerprint density at radius 1 is 0.909 bits per heavy atom. The smallest absolute Gasteiger partial charge is 0.265 e. The number of nitrogens with zero attached hydrogens (tertiary/aromatic N) is 1. The maximum Gasteiger partial charge on any atom is 0.265 e. The number of ketones is 2. The third-order valence-corrected chi connectivity index (χ3v) is 7.48. The maximum atomic E-state index is 13.7. The van der Waals surface area contributed by atoms with Crippen LogP contribution in [0.2, 0.25) is 0 Å². The molecule has 0 spiro atoms. The van der Waals surface area contributed by atoms with E-state index in [-0.39, 0.29) is 16.4 Å². The molecule has 3 aromatic carbocycles. The van der Waals surface area contributed by atoms with Crippen LogP contribution in [0, 0.1) is 13.8 Å². The number of sulfonamides is 1. The summed E-state index contributed by atoms with van der Waals surface area (Å²) in [6.07, 6.45) is 0. The minimum Gasteiger partial charge on any atom is -0.386 e. The molecule has 0 radical (unpaired) electrons. The lowest BCUT2D eigenvalue weighted by molar-refractivity contribution is 0.0957. The number of fused-ring (bicyclic) bond motifs is 1. The van der Waals surface area contributed by atoms with Gasteiger partial charge in [0, 0.05) is 23.7 Å². The first-order valence-corrected chi connectivity index (χ1v) is 11.9. The van der Waals surface area contributed by atoms with E-state index >= 15 is 0 Å². The summed E-state index contributed by atoms with van der Waals surface area (Å²) in [6, 6.07) is 20.3. The molecule has 0 bridgehead atoms. The molecule has 0 saturated carbocycles. The average Bonchev–Trinajstić information content (AvgIpc) is 2.80. The summed E-state index contributed by atoms with van der Waals surface area (Å²) in [5.41, 5.74) is 3.20. The Hall–Kier alpha value is -3.71. The Morgan fingerprint density at radius 2 is 1.58 bits per heavy atom. The highest BCUT2D eigenvalue weighted by Crippen LogP contribution is 2.37. The third-order valence-electron chi connectivity index (χ3n) is 5.68. The van der Waals surface area contributed by atoms with Crippen molar-refractivity contribution in [2.24, 2.45) is 0 Å². The Kier molecular flexibility index (Phi) is 5.91. The van der Waals surface area contributed by atoms with Crippen molar-refractivity contribution in [3.63, 3.8) is 0 Å². The van der Waals surface area contributed by atoms with Crippen LogP contribution in [0.1, 0.15) is 37.4 Å². The molecule has 1 aliphatic heterocycles. The van der Waals surface area contributed by atoms with Crippen molar-refractivity contribution in [3.05, 3.63) is 106 Å². The predicted molar refractivity (Wildman–Crippen MR) is 127 cm³/mol. The van der Waals surface area contributed by atoms with Gasteiger partial charge in [0.05, 0.1) is 17.1 Å². The maximum absolute atomic E-state index is 13.7. The number of allylic oxidation sites excluding steroid dienone is 1. The molecule has 1 heterocycles. The lowest BCUT2D eigenvalue weighted by Crippen LogP contribution is -2.42. The molecule has 7 heteroatoms. The van der Waals surface area contributed by atoms with Crippen molar-refractivity contribution in [1.29, 1.82) is 0 Å². The monoisotopic (exact) mass is 460 g/mol. The summed E-state index contributed by atoms with van der Waals surface area (Å²) in [7, 11) is -2.53. The van der Waals surface area contributed by atoms with E-state index in [9.17, 15) is 18.0 Å². The molecule has 3 aromatic rings. The number of carbonyl (C=O) groups is 2. The summed E-state index contributed by atoms with van der Waals surface area (Å²) in [5.74, 6) is -0.865. The minimum absolute atomic E-state index is 0.0485. The summed E-state index contributed by atoms with van der Waals surface area (Å²) in [4.78, 5) is 26.9. The molecule has 6 nitrogen and oxygen atoms in total. The van der Waals surface area contributed by atoms with Crippen LogP contribution in [-0.4, -0.2) is 37.9 Å². The molecule has 0 amide bonds. The van der Waals surface area contributed by atoms with Gasteiger partial charge in [0.25, 0.3) is 10.0 Å². The Bertz CT molecular complexity index is 1390. The van der Waals surface area contributed by atoms with E-state index in [1.807, 2.05) is 26.0 Å². The van der Waals surface area contributed by atoms with E-state index in [0.717, 1.165) is 15.4 Å². The van der Waals surface area contributed by atoms with Gasteiger partial charge in [0.2, 0.25) is 5.78 Å². The number of benzene rings is 3. The number of rotatable bonds is 6. The standard InChI is InChI=1S/C26H24N2O4S/c1-17-13-14-20(18(2)15-17)22(29)16-28-25(26(30)19-9-5-4-6-10-19)24(27-3)21-11-7-8-12-23(21)33(28,31)32/h4-15,27H,16H2,1-3H3. The molecule has 0 unspecified atom stereocenters. The second-order valence-electron chi connectivity index (χ2n) is 7.92. The van der Waals surface area contributed by atoms with Gasteiger partial charge >= 0.3 is 0 Å². The molecule has 1 N–H and O–H groups in total. The second-order valence-corrected chi connectivity index (χ2v) is 9.75. The van der Waals surface area contributed by atoms with Crippen LogP contribution in [0.5, 0.6) is 0 Å². The highest BCUT2D eigenvalue weighted by atomic mass is 32.2. The Labute approximate surface area is 193 Å². The van der Waals surface area contributed by atoms with E-state index in [1.54, 1.807) is 61.6 Å². The molecule has 33 heavy (non-hydrogen) atoms. The lowest BCUT2D eigenvalue weighted by Gasteiger charge is -2.33. The van der Waals surface area contributed by atoms with Gasteiger partial charge in [0.15, 0.2) is 5.78 Å². The van der Waals surface area contributed by atoms with E-state index < -0.39 is 22.4 Å². The SMILES string of the molecule is CNC1=C(C(=O)c2ccccc2)N(CC(=O)c2ccc(C)cc2C)S(=O)(=O)c2ccccc21. The van der Waals surface area contributed by atoms with E-state index in [0.29, 0.717) is 22.4 Å². The highest BCUT2D eigenvalue weighted by Gasteiger charge is 2.40. The highest BCUT2D eigenvalue weighted by molar-refractivity contribution is 7.89. The molecule has 0 aromatic heterocycles. The number of hydrogen-bond acceptors (Lipinski definition) is 5. The topological polar surface area (TPSA) is 83.6 Å². The fourth-order valence-corrected chi connectivity index (χ4v) is 5.74. The van der Waals surface area contributed by atoms with Crippen LogP contribution in [-0.2, 0) is 10.0 Å². The van der Waals surface area contributed by atoms with Crippen molar-refractivity contribution < 1.29 is 18.0 Å². The largest absolute Gasteiger partial charge is 0.386 e. The summed E-state index contributed by atoms with van der Waals surface area (Å²) >= 11 is 0. The zero-order valence-electron chi connectivity index (χ0n) is 18.6. The first kappa shape index (κ1) is 22.5. The molecule has 0 aliphatic carbocycles. The minimum atomic E-state index is -4.16. The zero-order chi connectivity index (χ0) is 23.8. The summed E-state index contributed by atoms with van der Waals surface area (Å²) in [5, 5.41) is 3.00. The van der Waals surface area contributed by atoms with Crippen LogP contribution >= 0.6 is 0 Å². The average molecular weight is 461 g/mol. The molecular weight excluding hydrogens is 436 g/mol. The normalized spacial score (nSPS) is 14.6. The number of Topliss-reactive ketones (excluding diaryl/α,β-unsaturated/α-hetero) is 2. The van der Waals surface area contributed by atoms with Gasteiger partial charge < -0.3 is 5.32 Å². The number of hydrogen-bond donors (Lipinski definition) is 1. The van der Waals surface area contributed by atoms with Gasteiger partial charge in [0.1, 0.15) is 5.70 Å². The van der Waals surface area contributed by atoms with Crippen molar-refractivity contribution in [3.8, 4) is 0 Å². The first-order valence-electron chi connectivity index (χ1n) is 10.5. The second kappa shape index (κ2) is 8.67. The molecule has 0 atom stereocenters. The van der Waals surface area contributed by atoms with Gasteiger partial charge in [-0.15, -0.1) is 0 Å². The van der Waals surface area contributed by atoms with Crippen LogP contribution < -0.4 is 5.32 Å². The van der Waals surface area contributed by atoms with Crippen LogP contribution in [0.25, 0.3) is 5.70 Å². The quantitative estimate of drug-likeness (QED) is 0.563. The molecule has 0 fully saturated rings. The van der Waals surface area contributed by atoms with Crippen molar-refractivity contribution in [2.45, 2.75) is 18.7 Å². The molecular formula is C26H24N2O4S. The number of carbonyl (C=O) groups excluding carboxylic acids is 2. The van der Waals surface area contributed by atoms with Gasteiger partial charge in [-0.05, 0) is 25.5 Å². The van der Waals surface area contributed by atoms with Gasteiger partial charge in [-0.25, -0.2) is 8.42 Å². The zero-order valence-corrected chi connectivity index (χ0v) is 19.4. The summed E-state index contributed by atoms with van der Waals surface area (Å²) < 4.78 is 28.3. The number of aryl methyl sites for hydroxylation is 2. The van der Waals surface area contributed by atoms with Crippen molar-refractivity contribution in [1.82, 2.24) is 9.62 Å². The predicted octanol–water partition coefficient (Wildman–Crippen LogP) is 3.96. The van der Waals surface area contributed by atoms with E-state index in [1.165, 1.54) is 6.07 Å². The third kappa shape index (κ3) is 3.96. The van der Waals surface area contributed by atoms with Gasteiger partial charge in [-0.3, -0.25) is 13.9 Å². The molecule has 0 saturated heterocycles. The molecule has 168 valence electrons. The summed E-state index contributed by atoms with van der Waals surface area (Å²) in [6.45, 7) is 3.25. The van der Waals surface area contributed by atoms with E-state index in [4.69, 9.17) is 0 Å².